The van der Waals surface area contributed by atoms with Crippen molar-refractivity contribution in [2.75, 3.05) is 13.2 Å². The minimum Gasteiger partial charge on any atom is -0.379 e. The molecule has 0 aliphatic carbocycles. The molecule has 0 saturated carbocycles. The summed E-state index contributed by atoms with van der Waals surface area (Å²) in [6.07, 6.45) is 0. The van der Waals surface area contributed by atoms with Gasteiger partial charge in [-0.15, -0.1) is 0 Å². The van der Waals surface area contributed by atoms with Crippen LogP contribution in [0.4, 0.5) is 0 Å². The molecule has 0 bridgehead atoms. The normalized spacial score (nSPS) is 16.6. The van der Waals surface area contributed by atoms with Crippen LogP contribution in [0.5, 0.6) is 0 Å². The van der Waals surface area contributed by atoms with E-state index in [1.165, 1.54) is 0 Å². The number of nitrogens with zero attached hydrogens (tertiary/aromatic N) is 1. The second-order valence-corrected chi connectivity index (χ2v) is 7.51. The molecule has 1 aliphatic rings. The van der Waals surface area contributed by atoms with Gasteiger partial charge < -0.3 is 9.26 Å². The summed E-state index contributed by atoms with van der Waals surface area (Å²) in [6.45, 7) is 2.09. The van der Waals surface area contributed by atoms with Gasteiger partial charge in [0.05, 0.1) is 18.6 Å². The smallest absolute Gasteiger partial charge is 0.244 e. The molecule has 1 aromatic carbocycles. The number of hydrogen-bond donors (Lipinski definition) is 1. The predicted octanol–water partition coefficient (Wildman–Crippen LogP) is 1.32. The number of sulfonamides is 1. The Kier molecular flexibility index (Phi) is 3.95. The molecule has 23 heavy (non-hydrogen) atoms. The van der Waals surface area contributed by atoms with E-state index < -0.39 is 27.1 Å². The average molecular weight is 336 g/mol. The first-order valence-corrected chi connectivity index (χ1v) is 8.67. The molecular formula is C15H16N2O5S. The molecule has 0 radical (unpaired) electrons. The van der Waals surface area contributed by atoms with Crippen LogP contribution in [0.2, 0.25) is 0 Å². The largest absolute Gasteiger partial charge is 0.379 e. The van der Waals surface area contributed by atoms with Gasteiger partial charge in [0.25, 0.3) is 0 Å². The number of aromatic nitrogens is 1. The fraction of sp³-hybridized carbons (Fsp3) is 0.333. The van der Waals surface area contributed by atoms with Gasteiger partial charge in [-0.2, -0.15) is 0 Å². The summed E-state index contributed by atoms with van der Waals surface area (Å²) in [6, 6.07) is 10.8. The molecular weight excluding hydrogens is 320 g/mol. The van der Waals surface area contributed by atoms with Crippen molar-refractivity contribution in [1.29, 1.82) is 0 Å². The number of ether oxygens (including phenoxy) is 1. The number of rotatable bonds is 5. The van der Waals surface area contributed by atoms with Crippen LogP contribution in [0.3, 0.4) is 0 Å². The highest BCUT2D eigenvalue weighted by molar-refractivity contribution is 7.89. The molecule has 0 unspecified atom stereocenters. The van der Waals surface area contributed by atoms with Crippen LogP contribution in [-0.4, -0.2) is 32.7 Å². The lowest BCUT2D eigenvalue weighted by atomic mass is 9.88. The minimum absolute atomic E-state index is 0.166. The van der Waals surface area contributed by atoms with E-state index in [-0.39, 0.29) is 19.0 Å². The Labute approximate surface area is 133 Å². The van der Waals surface area contributed by atoms with E-state index in [1.54, 1.807) is 13.0 Å². The Morgan fingerprint density at radius 1 is 1.30 bits per heavy atom. The average Bonchev–Trinajstić information content (AvgIpc) is 2.92. The van der Waals surface area contributed by atoms with Gasteiger partial charge in [-0.1, -0.05) is 35.5 Å². The molecule has 1 aromatic heterocycles. The monoisotopic (exact) mass is 336 g/mol. The van der Waals surface area contributed by atoms with Crippen molar-refractivity contribution in [3.8, 4) is 11.3 Å². The maximum atomic E-state index is 12.1. The van der Waals surface area contributed by atoms with E-state index >= 15 is 0 Å². The third-order valence-electron chi connectivity index (χ3n) is 3.60. The molecule has 3 rings (SSSR count). The third-order valence-corrected chi connectivity index (χ3v) is 4.76. The fourth-order valence-electron chi connectivity index (χ4n) is 2.15. The van der Waals surface area contributed by atoms with Gasteiger partial charge in [-0.25, -0.2) is 8.42 Å². The summed E-state index contributed by atoms with van der Waals surface area (Å²) in [5.41, 5.74) is 0.577. The van der Waals surface area contributed by atoms with Crippen LogP contribution in [0.1, 0.15) is 12.7 Å². The summed E-state index contributed by atoms with van der Waals surface area (Å²) in [7, 11) is -3.85. The highest BCUT2D eigenvalue weighted by atomic mass is 32.2. The molecule has 1 N–H and O–H groups in total. The molecule has 2 heterocycles. The van der Waals surface area contributed by atoms with Crippen molar-refractivity contribution in [3.63, 3.8) is 0 Å². The Balaban J connectivity index is 1.69. The molecule has 0 spiro atoms. The second kappa shape index (κ2) is 5.78. The Bertz CT molecular complexity index is 809. The standard InChI is InChI=1S/C15H16N2O5S/c1-15(9-21-10-15)14(18)17-23(19,20)8-12-7-13(16-22-12)11-5-3-2-4-6-11/h2-7H,8-10H2,1H3,(H,17,18). The van der Waals surface area contributed by atoms with Gasteiger partial charge in [0.1, 0.15) is 11.4 Å². The van der Waals surface area contributed by atoms with Crippen LogP contribution >= 0.6 is 0 Å². The number of hydrogen-bond acceptors (Lipinski definition) is 6. The SMILES string of the molecule is CC1(C(=O)NS(=O)(=O)Cc2cc(-c3ccccc3)no2)COC1. The quantitative estimate of drug-likeness (QED) is 0.884. The zero-order chi connectivity index (χ0) is 16.5. The summed E-state index contributed by atoms with van der Waals surface area (Å²) in [4.78, 5) is 12.0. The number of carbonyl (C=O) groups is 1. The molecule has 1 fully saturated rings. The Morgan fingerprint density at radius 2 is 2.00 bits per heavy atom. The maximum Gasteiger partial charge on any atom is 0.244 e. The van der Waals surface area contributed by atoms with Gasteiger partial charge in [0.2, 0.25) is 15.9 Å². The topological polar surface area (TPSA) is 98.5 Å². The zero-order valence-corrected chi connectivity index (χ0v) is 13.3. The first kappa shape index (κ1) is 15.7. The lowest BCUT2D eigenvalue weighted by Gasteiger charge is -2.35. The first-order chi connectivity index (χ1) is 10.9. The maximum absolute atomic E-state index is 12.1. The molecule has 1 saturated heterocycles. The summed E-state index contributed by atoms with van der Waals surface area (Å²) in [5.74, 6) is -0.846. The van der Waals surface area contributed by atoms with E-state index in [4.69, 9.17) is 9.26 Å². The lowest BCUT2D eigenvalue weighted by Crippen LogP contribution is -2.53. The van der Waals surface area contributed by atoms with Gasteiger partial charge in [0, 0.05) is 11.6 Å². The van der Waals surface area contributed by atoms with Crippen molar-refractivity contribution < 1.29 is 22.5 Å². The zero-order valence-electron chi connectivity index (χ0n) is 12.5. The molecule has 2 aromatic rings. The molecule has 1 amide bonds. The van der Waals surface area contributed by atoms with E-state index in [9.17, 15) is 13.2 Å². The van der Waals surface area contributed by atoms with E-state index in [2.05, 4.69) is 9.88 Å². The molecule has 122 valence electrons. The highest BCUT2D eigenvalue weighted by Crippen LogP contribution is 2.27. The highest BCUT2D eigenvalue weighted by Gasteiger charge is 2.42. The van der Waals surface area contributed by atoms with E-state index in [0.29, 0.717) is 5.69 Å². The van der Waals surface area contributed by atoms with Gasteiger partial charge >= 0.3 is 0 Å². The van der Waals surface area contributed by atoms with Crippen molar-refractivity contribution >= 4 is 15.9 Å². The van der Waals surface area contributed by atoms with E-state index in [1.807, 2.05) is 30.3 Å². The van der Waals surface area contributed by atoms with Crippen LogP contribution in [0.15, 0.2) is 40.9 Å². The summed E-state index contributed by atoms with van der Waals surface area (Å²) < 4.78 is 36.2. The van der Waals surface area contributed by atoms with Crippen molar-refractivity contribution in [2.45, 2.75) is 12.7 Å². The Morgan fingerprint density at radius 3 is 2.61 bits per heavy atom. The van der Waals surface area contributed by atoms with Crippen LogP contribution < -0.4 is 4.72 Å². The minimum atomic E-state index is -3.85. The van der Waals surface area contributed by atoms with Crippen LogP contribution in [0.25, 0.3) is 11.3 Å². The van der Waals surface area contributed by atoms with E-state index in [0.717, 1.165) is 5.56 Å². The van der Waals surface area contributed by atoms with Crippen molar-refractivity contribution in [3.05, 3.63) is 42.2 Å². The molecule has 7 nitrogen and oxygen atoms in total. The van der Waals surface area contributed by atoms with Crippen LogP contribution in [-0.2, 0) is 25.3 Å². The van der Waals surface area contributed by atoms with Crippen molar-refractivity contribution in [2.24, 2.45) is 5.41 Å². The second-order valence-electron chi connectivity index (χ2n) is 5.79. The molecule has 1 aliphatic heterocycles. The third kappa shape index (κ3) is 3.43. The van der Waals surface area contributed by atoms with Crippen molar-refractivity contribution in [1.82, 2.24) is 9.88 Å². The number of carbonyl (C=O) groups excluding carboxylic acids is 1. The molecule has 8 heteroatoms. The Hall–Kier alpha value is -2.19. The predicted molar refractivity (Wildman–Crippen MR) is 81.6 cm³/mol. The van der Waals surface area contributed by atoms with Gasteiger partial charge in [0.15, 0.2) is 5.76 Å². The van der Waals surface area contributed by atoms with Crippen LogP contribution in [0, 0.1) is 5.41 Å². The van der Waals surface area contributed by atoms with Gasteiger partial charge in [-0.05, 0) is 6.92 Å². The number of benzene rings is 1. The summed E-state index contributed by atoms with van der Waals surface area (Å²) in [5, 5.41) is 3.85. The fourth-order valence-corrected chi connectivity index (χ4v) is 3.26. The van der Waals surface area contributed by atoms with Gasteiger partial charge in [-0.3, -0.25) is 9.52 Å². The summed E-state index contributed by atoms with van der Waals surface area (Å²) >= 11 is 0. The number of nitrogens with one attached hydrogen (secondary N) is 1. The number of amides is 1. The lowest BCUT2D eigenvalue weighted by molar-refractivity contribution is -0.155. The molecule has 0 atom stereocenters. The first-order valence-electron chi connectivity index (χ1n) is 7.02.